The fraction of sp³-hybridized carbons (Fsp3) is 0.500. The summed E-state index contributed by atoms with van der Waals surface area (Å²) in [5.41, 5.74) is 7.28. The first-order valence-corrected chi connectivity index (χ1v) is 8.67. The molecule has 1 fully saturated rings. The quantitative estimate of drug-likeness (QED) is 0.501. The van der Waals surface area contributed by atoms with Crippen molar-refractivity contribution in [2.75, 3.05) is 37.0 Å². The monoisotopic (exact) mass is 356 g/mol. The number of anilines is 1. The van der Waals surface area contributed by atoms with E-state index < -0.39 is 0 Å². The summed E-state index contributed by atoms with van der Waals surface area (Å²) in [6, 6.07) is 5.59. The van der Waals surface area contributed by atoms with E-state index in [0.29, 0.717) is 23.0 Å². The standard InChI is InChI=1S/C16H22Cl2N4O/c1-2-3-16(23)22-8-6-21(7-9-22)14-5-4-12(10-13(14)18)20-15(19)11-17/h4-5,10H,2-3,6-9,11H2,1H3,(H2,19,20). The van der Waals surface area contributed by atoms with Crippen LogP contribution in [0.5, 0.6) is 0 Å². The Bertz CT molecular complexity index is 583. The SMILES string of the molecule is CCCC(=O)N1CCN(c2ccc(N=C(N)CCl)cc2Cl)CC1. The number of rotatable bonds is 5. The molecular formula is C16H22Cl2N4O. The van der Waals surface area contributed by atoms with Gasteiger partial charge in [0.15, 0.2) is 0 Å². The number of carbonyl (C=O) groups is 1. The molecule has 1 aromatic carbocycles. The molecule has 1 heterocycles. The molecule has 1 aliphatic rings. The third-order valence-corrected chi connectivity index (χ3v) is 4.35. The number of hydrogen-bond acceptors (Lipinski definition) is 3. The first-order valence-electron chi connectivity index (χ1n) is 7.76. The topological polar surface area (TPSA) is 61.9 Å². The largest absolute Gasteiger partial charge is 0.386 e. The number of carbonyl (C=O) groups excluding carboxylic acids is 1. The minimum atomic E-state index is 0.188. The van der Waals surface area contributed by atoms with Gasteiger partial charge in [-0.15, -0.1) is 11.6 Å². The van der Waals surface area contributed by atoms with Crippen molar-refractivity contribution in [2.24, 2.45) is 10.7 Å². The highest BCUT2D eigenvalue weighted by Gasteiger charge is 2.21. The molecule has 1 aromatic rings. The van der Waals surface area contributed by atoms with Crippen molar-refractivity contribution < 1.29 is 4.79 Å². The van der Waals surface area contributed by atoms with Crippen LogP contribution >= 0.6 is 23.2 Å². The summed E-state index contributed by atoms with van der Waals surface area (Å²) in [4.78, 5) is 20.2. The second-order valence-electron chi connectivity index (χ2n) is 5.49. The highest BCUT2D eigenvalue weighted by molar-refractivity contribution is 6.33. The van der Waals surface area contributed by atoms with Crippen LogP contribution in [-0.4, -0.2) is 48.7 Å². The van der Waals surface area contributed by atoms with Crippen LogP contribution < -0.4 is 10.6 Å². The molecule has 2 rings (SSSR count). The Kier molecular flexibility index (Phi) is 6.54. The predicted octanol–water partition coefficient (Wildman–Crippen LogP) is 3.02. The summed E-state index contributed by atoms with van der Waals surface area (Å²) in [7, 11) is 0. The Morgan fingerprint density at radius 2 is 2.00 bits per heavy atom. The van der Waals surface area contributed by atoms with Gasteiger partial charge in [-0.1, -0.05) is 18.5 Å². The molecule has 126 valence electrons. The van der Waals surface area contributed by atoms with Gasteiger partial charge in [0.2, 0.25) is 5.91 Å². The van der Waals surface area contributed by atoms with Crippen LogP contribution in [0.4, 0.5) is 11.4 Å². The maximum Gasteiger partial charge on any atom is 0.222 e. The molecule has 1 saturated heterocycles. The van der Waals surface area contributed by atoms with Gasteiger partial charge in [0.1, 0.15) is 5.84 Å². The molecule has 1 amide bonds. The van der Waals surface area contributed by atoms with Crippen LogP contribution in [0, 0.1) is 0 Å². The molecule has 0 atom stereocenters. The van der Waals surface area contributed by atoms with Gasteiger partial charge in [0, 0.05) is 32.6 Å². The van der Waals surface area contributed by atoms with Crippen LogP contribution in [-0.2, 0) is 4.79 Å². The molecule has 1 aliphatic heterocycles. The van der Waals surface area contributed by atoms with Gasteiger partial charge in [-0.3, -0.25) is 4.79 Å². The Labute approximate surface area is 147 Å². The molecular weight excluding hydrogens is 335 g/mol. The van der Waals surface area contributed by atoms with Crippen molar-refractivity contribution >= 4 is 46.3 Å². The Balaban J connectivity index is 2.02. The highest BCUT2D eigenvalue weighted by Crippen LogP contribution is 2.30. The molecule has 2 N–H and O–H groups in total. The van der Waals surface area contributed by atoms with E-state index in [9.17, 15) is 4.79 Å². The summed E-state index contributed by atoms with van der Waals surface area (Å²) in [6.45, 7) is 5.04. The van der Waals surface area contributed by atoms with E-state index in [1.807, 2.05) is 24.0 Å². The normalized spacial score (nSPS) is 15.9. The van der Waals surface area contributed by atoms with Gasteiger partial charge < -0.3 is 15.5 Å². The van der Waals surface area contributed by atoms with Gasteiger partial charge in [-0.2, -0.15) is 0 Å². The third kappa shape index (κ3) is 4.75. The van der Waals surface area contributed by atoms with E-state index in [-0.39, 0.29) is 11.8 Å². The first-order chi connectivity index (χ1) is 11.0. The predicted molar refractivity (Wildman–Crippen MR) is 97.2 cm³/mol. The molecule has 0 aromatic heterocycles. The number of hydrogen-bond donors (Lipinski definition) is 1. The van der Waals surface area contributed by atoms with Crippen LogP contribution in [0.25, 0.3) is 0 Å². The fourth-order valence-corrected chi connectivity index (χ4v) is 2.94. The number of benzene rings is 1. The number of nitrogens with zero attached hydrogens (tertiary/aromatic N) is 3. The highest BCUT2D eigenvalue weighted by atomic mass is 35.5. The van der Waals surface area contributed by atoms with E-state index in [0.717, 1.165) is 38.3 Å². The van der Waals surface area contributed by atoms with Gasteiger partial charge in [0.25, 0.3) is 0 Å². The number of piperazine rings is 1. The molecule has 23 heavy (non-hydrogen) atoms. The Morgan fingerprint density at radius 1 is 1.30 bits per heavy atom. The zero-order valence-corrected chi connectivity index (χ0v) is 14.8. The maximum absolute atomic E-state index is 11.9. The number of nitrogens with two attached hydrogens (primary N) is 1. The number of alkyl halides is 1. The lowest BCUT2D eigenvalue weighted by Crippen LogP contribution is -2.48. The maximum atomic E-state index is 11.9. The fourth-order valence-electron chi connectivity index (χ4n) is 2.59. The van der Waals surface area contributed by atoms with Crippen molar-refractivity contribution in [3.63, 3.8) is 0 Å². The average molecular weight is 357 g/mol. The molecule has 0 unspecified atom stereocenters. The second-order valence-corrected chi connectivity index (χ2v) is 6.16. The van der Waals surface area contributed by atoms with Gasteiger partial charge in [-0.25, -0.2) is 4.99 Å². The summed E-state index contributed by atoms with van der Waals surface area (Å²) < 4.78 is 0. The Morgan fingerprint density at radius 3 is 2.57 bits per heavy atom. The van der Waals surface area contributed by atoms with Crippen LogP contribution in [0.2, 0.25) is 5.02 Å². The molecule has 0 bridgehead atoms. The van der Waals surface area contributed by atoms with Crippen molar-refractivity contribution in [1.29, 1.82) is 0 Å². The zero-order valence-electron chi connectivity index (χ0n) is 13.3. The molecule has 5 nitrogen and oxygen atoms in total. The lowest BCUT2D eigenvalue weighted by Gasteiger charge is -2.36. The van der Waals surface area contributed by atoms with Crippen molar-refractivity contribution in [2.45, 2.75) is 19.8 Å². The summed E-state index contributed by atoms with van der Waals surface area (Å²) in [6.07, 6.45) is 1.51. The molecule has 0 saturated carbocycles. The van der Waals surface area contributed by atoms with E-state index in [1.165, 1.54) is 0 Å². The van der Waals surface area contributed by atoms with E-state index in [4.69, 9.17) is 28.9 Å². The molecule has 0 spiro atoms. The first kappa shape index (κ1) is 17.9. The second kappa shape index (κ2) is 8.41. The smallest absolute Gasteiger partial charge is 0.222 e. The van der Waals surface area contributed by atoms with Crippen LogP contribution in [0.15, 0.2) is 23.2 Å². The van der Waals surface area contributed by atoms with Gasteiger partial charge in [0.05, 0.1) is 22.3 Å². The van der Waals surface area contributed by atoms with Gasteiger partial charge in [-0.05, 0) is 24.6 Å². The third-order valence-electron chi connectivity index (χ3n) is 3.78. The van der Waals surface area contributed by atoms with E-state index in [2.05, 4.69) is 9.89 Å². The minimum absolute atomic E-state index is 0.188. The minimum Gasteiger partial charge on any atom is -0.386 e. The van der Waals surface area contributed by atoms with Crippen molar-refractivity contribution in [1.82, 2.24) is 4.90 Å². The van der Waals surface area contributed by atoms with E-state index in [1.54, 1.807) is 6.07 Å². The van der Waals surface area contributed by atoms with Crippen molar-refractivity contribution in [3.8, 4) is 0 Å². The van der Waals surface area contributed by atoms with Gasteiger partial charge >= 0.3 is 0 Å². The number of aliphatic imine (C=N–C) groups is 1. The van der Waals surface area contributed by atoms with Crippen LogP contribution in [0.3, 0.4) is 0 Å². The lowest BCUT2D eigenvalue weighted by molar-refractivity contribution is -0.131. The number of amidine groups is 1. The van der Waals surface area contributed by atoms with E-state index >= 15 is 0 Å². The molecule has 7 heteroatoms. The Hall–Kier alpha value is -1.46. The zero-order chi connectivity index (χ0) is 16.8. The van der Waals surface area contributed by atoms with Crippen LogP contribution in [0.1, 0.15) is 19.8 Å². The average Bonchev–Trinajstić information content (AvgIpc) is 2.55. The van der Waals surface area contributed by atoms with Crippen molar-refractivity contribution in [3.05, 3.63) is 23.2 Å². The summed E-state index contributed by atoms with van der Waals surface area (Å²) >= 11 is 12.0. The lowest BCUT2D eigenvalue weighted by atomic mass is 10.2. The summed E-state index contributed by atoms with van der Waals surface area (Å²) in [5.74, 6) is 0.783. The summed E-state index contributed by atoms with van der Waals surface area (Å²) in [5, 5.41) is 0.627. The number of halogens is 2. The number of amides is 1. The molecule has 0 radical (unpaired) electrons. The molecule has 0 aliphatic carbocycles.